The van der Waals surface area contributed by atoms with Gasteiger partial charge in [0.2, 0.25) is 0 Å². The second-order valence-corrected chi connectivity index (χ2v) is 33.3. The maximum Gasteiger partial charge on any atom is 0.308 e. The van der Waals surface area contributed by atoms with Gasteiger partial charge < -0.3 is 38.2 Å². The molecule has 14 heteroatoms. The van der Waals surface area contributed by atoms with Crippen LogP contribution in [0.25, 0.3) is 0 Å². The van der Waals surface area contributed by atoms with Crippen LogP contribution in [0, 0.1) is 53.3 Å². The molecule has 0 N–H and O–H groups in total. The van der Waals surface area contributed by atoms with Gasteiger partial charge in [-0.15, -0.1) is 0 Å². The molecular weight excluding hydrogens is 1290 g/mol. The highest BCUT2D eigenvalue weighted by Crippen LogP contribution is 2.29. The molecule has 0 radical (unpaired) electrons. The predicted molar refractivity (Wildman–Crippen MR) is 430 cm³/mol. The third-order valence-electron chi connectivity index (χ3n) is 21.6. The Hall–Kier alpha value is -3.26. The van der Waals surface area contributed by atoms with Crippen molar-refractivity contribution in [1.82, 2.24) is 9.80 Å². The normalized spacial score (nSPS) is 13.6. The number of ether oxygens (including phenoxy) is 6. The Kier molecular flexibility index (Phi) is 69.4. The third-order valence-corrected chi connectivity index (χ3v) is 21.6. The Labute approximate surface area is 636 Å². The maximum atomic E-state index is 13.2. The van der Waals surface area contributed by atoms with Gasteiger partial charge in [-0.05, 0) is 172 Å². The monoisotopic (exact) mass is 1460 g/mol. The fraction of sp³-hybridized carbons (Fsp3) is 0.933. The van der Waals surface area contributed by atoms with E-state index in [1.807, 2.05) is 28.2 Å². The Morgan fingerprint density at radius 3 is 0.951 bits per heavy atom. The molecule has 0 aromatic carbocycles. The number of carbonyl (C=O) groups excluding carboxylic acids is 6. The largest absolute Gasteiger partial charge is 0.466 e. The number of rotatable bonds is 77. The van der Waals surface area contributed by atoms with Crippen molar-refractivity contribution in [2.24, 2.45) is 53.3 Å². The van der Waals surface area contributed by atoms with E-state index in [1.54, 1.807) is 0 Å². The van der Waals surface area contributed by atoms with E-state index < -0.39 is 0 Å². The van der Waals surface area contributed by atoms with Gasteiger partial charge in [0.15, 0.2) is 0 Å². The Balaban J connectivity index is 4.52. The fourth-order valence-electron chi connectivity index (χ4n) is 14.6. The van der Waals surface area contributed by atoms with Gasteiger partial charge in [-0.2, -0.15) is 0 Å². The molecule has 6 atom stereocenters. The molecule has 608 valence electrons. The van der Waals surface area contributed by atoms with E-state index >= 15 is 0 Å². The van der Waals surface area contributed by atoms with E-state index in [0.717, 1.165) is 225 Å². The van der Waals surface area contributed by atoms with Crippen LogP contribution >= 0.6 is 0 Å². The molecule has 0 aliphatic carbocycles. The molecule has 0 saturated heterocycles. The molecule has 0 rings (SSSR count). The van der Waals surface area contributed by atoms with Crippen LogP contribution in [0.15, 0.2) is 0 Å². The highest BCUT2D eigenvalue weighted by molar-refractivity contribution is 5.73. The predicted octanol–water partition coefficient (Wildman–Crippen LogP) is 23.8. The van der Waals surface area contributed by atoms with Crippen LogP contribution in [0.3, 0.4) is 0 Å². The molecule has 0 aromatic rings. The van der Waals surface area contributed by atoms with E-state index in [4.69, 9.17) is 28.4 Å². The van der Waals surface area contributed by atoms with Gasteiger partial charge in [-0.25, -0.2) is 0 Å². The number of nitrogens with zero attached hydrogens (tertiary/aromatic N) is 2. The first kappa shape index (κ1) is 99.7. The van der Waals surface area contributed by atoms with E-state index in [1.165, 1.54) is 103 Å². The molecule has 0 bridgehead atoms. The van der Waals surface area contributed by atoms with Crippen LogP contribution < -0.4 is 0 Å². The Morgan fingerprint density at radius 1 is 0.282 bits per heavy atom. The quantitative estimate of drug-likeness (QED) is 0.0321. The van der Waals surface area contributed by atoms with Crippen molar-refractivity contribution in [2.45, 2.75) is 403 Å². The topological polar surface area (TPSA) is 164 Å². The van der Waals surface area contributed by atoms with E-state index in [0.29, 0.717) is 107 Å². The number of unbranched alkanes of at least 4 members (excludes halogenated alkanes) is 23. The van der Waals surface area contributed by atoms with Gasteiger partial charge in [-0.1, -0.05) is 274 Å². The number of esters is 6. The molecule has 0 aliphatic rings. The SMILES string of the molecule is CCCCCC(CCCCC)CCOC(=O)CCCCCCCCC(CCCCCCC(=O)OCCCCC(C)CC(C)CCCC(CCCCC)CCOC(=O)CCCCCCCC(CCCCCCCC(=O)OCC(CCC(C)C)C(C)C)C(=O)OCCCN(C)C)C(=O)OCCCN(C)C. The van der Waals surface area contributed by atoms with Crippen molar-refractivity contribution in [3.63, 3.8) is 0 Å². The van der Waals surface area contributed by atoms with Gasteiger partial charge in [0.25, 0.3) is 0 Å². The molecule has 14 nitrogen and oxygen atoms in total. The Morgan fingerprint density at radius 2 is 0.592 bits per heavy atom. The fourth-order valence-corrected chi connectivity index (χ4v) is 14.6. The van der Waals surface area contributed by atoms with Crippen molar-refractivity contribution in [3.05, 3.63) is 0 Å². The molecule has 6 unspecified atom stereocenters. The van der Waals surface area contributed by atoms with Gasteiger partial charge in [0, 0.05) is 38.8 Å². The van der Waals surface area contributed by atoms with Crippen molar-refractivity contribution < 1.29 is 57.2 Å². The summed E-state index contributed by atoms with van der Waals surface area (Å²) in [7, 11) is 8.15. The van der Waals surface area contributed by atoms with E-state index in [-0.39, 0.29) is 47.7 Å². The zero-order valence-electron chi connectivity index (χ0n) is 70.1. The highest BCUT2D eigenvalue weighted by Gasteiger charge is 2.23. The molecule has 0 heterocycles. The summed E-state index contributed by atoms with van der Waals surface area (Å²) in [4.78, 5) is 81.2. The summed E-state index contributed by atoms with van der Waals surface area (Å²) in [6.07, 6.45) is 53.9. The lowest BCUT2D eigenvalue weighted by molar-refractivity contribution is -0.150. The maximum absolute atomic E-state index is 13.2. The summed E-state index contributed by atoms with van der Waals surface area (Å²) >= 11 is 0. The number of hydrogen-bond acceptors (Lipinski definition) is 14. The molecule has 0 amide bonds. The Bertz CT molecular complexity index is 1950. The third kappa shape index (κ3) is 66.7. The lowest BCUT2D eigenvalue weighted by Crippen LogP contribution is -2.21. The molecule has 0 saturated carbocycles. The summed E-state index contributed by atoms with van der Waals surface area (Å²) < 4.78 is 34.4. The first-order chi connectivity index (χ1) is 49.7. The smallest absolute Gasteiger partial charge is 0.308 e. The lowest BCUT2D eigenvalue weighted by Gasteiger charge is -2.21. The van der Waals surface area contributed by atoms with Crippen LogP contribution in [0.1, 0.15) is 403 Å². The first-order valence-electron chi connectivity index (χ1n) is 44.0. The minimum atomic E-state index is -0.0973. The van der Waals surface area contributed by atoms with Crippen LogP contribution in [-0.4, -0.2) is 127 Å². The van der Waals surface area contributed by atoms with E-state index in [2.05, 4.69) is 72.1 Å². The van der Waals surface area contributed by atoms with Gasteiger partial charge in [-0.3, -0.25) is 28.8 Å². The second kappa shape index (κ2) is 71.6. The molecule has 103 heavy (non-hydrogen) atoms. The van der Waals surface area contributed by atoms with Gasteiger partial charge in [0.1, 0.15) is 0 Å². The molecule has 0 fully saturated rings. The minimum absolute atomic E-state index is 0.0457. The standard InChI is InChI=1S/C89H170N2O12/c1-14-17-32-50-79(51-33-18-15-2)64-71-99-85(93)59-39-27-21-20-24-35-54-82(89(97)102-70-47-67-91(12)13)57-38-30-31-42-58-84(92)98-68-44-43-48-77(8)73-78(9)49-45-53-80(52-34-19-16-3)65-72-100-86(94)60-40-28-22-25-36-55-81(88(96)101-69-46-66-90(10)11)56-37-26-23-29-41-61-87(95)103-74-83(76(6)7)63-62-75(4)5/h75-83H,14-74H2,1-13H3. The van der Waals surface area contributed by atoms with Crippen LogP contribution in [0.5, 0.6) is 0 Å². The summed E-state index contributed by atoms with van der Waals surface area (Å²) in [5, 5.41) is 0. The summed E-state index contributed by atoms with van der Waals surface area (Å²) in [5.74, 6) is 3.60. The number of hydrogen-bond donors (Lipinski definition) is 0. The average Bonchev–Trinajstić information content (AvgIpc) is 1.21. The average molecular weight is 1460 g/mol. The molecular formula is C89H170N2O12. The summed E-state index contributed by atoms with van der Waals surface area (Å²) in [6.45, 7) is 25.3. The highest BCUT2D eigenvalue weighted by atomic mass is 16.6. The minimum Gasteiger partial charge on any atom is -0.466 e. The molecule has 0 aliphatic heterocycles. The molecule has 0 spiro atoms. The summed E-state index contributed by atoms with van der Waals surface area (Å²) in [6, 6.07) is 0. The first-order valence-corrected chi connectivity index (χ1v) is 44.0. The number of carbonyl (C=O) groups is 6. The van der Waals surface area contributed by atoms with Gasteiger partial charge >= 0.3 is 35.8 Å². The van der Waals surface area contributed by atoms with Crippen LogP contribution in [0.2, 0.25) is 0 Å². The zero-order valence-corrected chi connectivity index (χ0v) is 70.1. The van der Waals surface area contributed by atoms with Crippen molar-refractivity contribution in [1.29, 1.82) is 0 Å². The second-order valence-electron chi connectivity index (χ2n) is 33.3. The molecule has 0 aromatic heterocycles. The van der Waals surface area contributed by atoms with Crippen molar-refractivity contribution >= 4 is 35.8 Å². The zero-order chi connectivity index (χ0) is 76.2. The van der Waals surface area contributed by atoms with Crippen LogP contribution in [0.4, 0.5) is 0 Å². The van der Waals surface area contributed by atoms with Crippen molar-refractivity contribution in [3.8, 4) is 0 Å². The summed E-state index contributed by atoms with van der Waals surface area (Å²) in [5.41, 5.74) is 0. The lowest BCUT2D eigenvalue weighted by atomic mass is 9.87. The van der Waals surface area contributed by atoms with Gasteiger partial charge in [0.05, 0.1) is 51.5 Å². The van der Waals surface area contributed by atoms with E-state index in [9.17, 15) is 28.8 Å². The van der Waals surface area contributed by atoms with Crippen molar-refractivity contribution in [2.75, 3.05) is 80.9 Å². The van der Waals surface area contributed by atoms with Crippen LogP contribution in [-0.2, 0) is 57.2 Å².